The van der Waals surface area contributed by atoms with Crippen molar-refractivity contribution in [2.45, 2.75) is 19.5 Å². The van der Waals surface area contributed by atoms with Crippen molar-refractivity contribution in [3.05, 3.63) is 74.7 Å². The number of nitrogens with zero attached hydrogens (tertiary/aromatic N) is 4. The van der Waals surface area contributed by atoms with Gasteiger partial charge in [0.2, 0.25) is 10.0 Å². The minimum atomic E-state index is -3.41. The molecule has 0 saturated heterocycles. The highest BCUT2D eigenvalue weighted by Gasteiger charge is 2.27. The van der Waals surface area contributed by atoms with E-state index in [0.717, 1.165) is 33.3 Å². The molecule has 0 unspecified atom stereocenters. The number of benzene rings is 2. The number of hydrogen-bond donors (Lipinski definition) is 1. The van der Waals surface area contributed by atoms with E-state index < -0.39 is 16.1 Å². The molecule has 1 aromatic heterocycles. The van der Waals surface area contributed by atoms with Crippen LogP contribution in [-0.2, 0) is 16.6 Å². The minimum Gasteiger partial charge on any atom is -0.279 e. The number of nitrogens with one attached hydrogen (secondary N) is 1. The normalized spacial score (nSPS) is 14.6. The molecule has 0 saturated carbocycles. The largest absolute Gasteiger partial charge is 0.279 e. The summed E-state index contributed by atoms with van der Waals surface area (Å²) in [4.78, 5) is 4.77. The Morgan fingerprint density at radius 3 is 2.66 bits per heavy atom. The van der Waals surface area contributed by atoms with Gasteiger partial charge >= 0.3 is 0 Å². The summed E-state index contributed by atoms with van der Waals surface area (Å²) in [5.74, 6) is 1.11. The Balaban J connectivity index is 1.92. The van der Waals surface area contributed by atoms with Crippen LogP contribution in [0.25, 0.3) is 5.69 Å². The van der Waals surface area contributed by atoms with E-state index in [2.05, 4.69) is 30.8 Å². The average Bonchev–Trinajstić information content (AvgIpc) is 2.99. The monoisotopic (exact) mass is 493 g/mol. The number of aromatic nitrogens is 3. The molecule has 2 aromatic carbocycles. The maximum atomic E-state index is 11.7. The highest BCUT2D eigenvalue weighted by molar-refractivity contribution is 9.10. The van der Waals surface area contributed by atoms with Gasteiger partial charge in [-0.05, 0) is 31.2 Å². The number of hydrogen-bond acceptors (Lipinski definition) is 5. The van der Waals surface area contributed by atoms with Crippen LogP contribution in [-0.4, -0.2) is 35.1 Å². The van der Waals surface area contributed by atoms with E-state index in [1.54, 1.807) is 6.92 Å². The molecule has 7 nitrogen and oxygen atoms in total. The van der Waals surface area contributed by atoms with Crippen LogP contribution in [0, 0.1) is 0 Å². The lowest BCUT2D eigenvalue weighted by molar-refractivity contribution is 0.562. The first kappa shape index (κ1) is 20.2. The van der Waals surface area contributed by atoms with E-state index >= 15 is 0 Å². The van der Waals surface area contributed by atoms with Crippen molar-refractivity contribution in [3.63, 3.8) is 0 Å². The van der Waals surface area contributed by atoms with E-state index in [1.165, 1.54) is 0 Å². The lowest BCUT2D eigenvalue weighted by Gasteiger charge is -2.17. The van der Waals surface area contributed by atoms with Crippen LogP contribution in [0.15, 0.2) is 51.9 Å². The molecule has 1 aliphatic rings. The van der Waals surface area contributed by atoms with Gasteiger partial charge in [0.25, 0.3) is 0 Å². The molecular formula is C19H17BrClN5O2S. The van der Waals surface area contributed by atoms with E-state index in [-0.39, 0.29) is 6.54 Å². The molecule has 1 atom stereocenters. The molecule has 0 amide bonds. The first-order chi connectivity index (χ1) is 13.7. The lowest BCUT2D eigenvalue weighted by Crippen LogP contribution is -2.27. The fraction of sp³-hybridized carbons (Fsp3) is 0.211. The molecule has 4 rings (SSSR count). The number of aliphatic imine (C=N–C) groups is 1. The SMILES string of the molecule is C[C@@H](NS(C)(=O)=O)c1nnc2n1-c1ccc(Br)cc1C(c1ccccc1Cl)=NC2. The average molecular weight is 495 g/mol. The number of fused-ring (bicyclic) bond motifs is 3. The van der Waals surface area contributed by atoms with Crippen LogP contribution in [0.1, 0.15) is 35.7 Å². The lowest BCUT2D eigenvalue weighted by atomic mass is 10.0. The van der Waals surface area contributed by atoms with E-state index in [4.69, 9.17) is 16.6 Å². The molecule has 0 spiro atoms. The third-order valence-corrected chi connectivity index (χ3v) is 6.10. The van der Waals surface area contributed by atoms with Crippen molar-refractivity contribution < 1.29 is 8.42 Å². The van der Waals surface area contributed by atoms with Crippen LogP contribution in [0.3, 0.4) is 0 Å². The number of sulfonamides is 1. The third kappa shape index (κ3) is 4.00. The Morgan fingerprint density at radius 1 is 1.17 bits per heavy atom. The number of halogens is 2. The molecule has 150 valence electrons. The van der Waals surface area contributed by atoms with Crippen molar-refractivity contribution >= 4 is 43.3 Å². The van der Waals surface area contributed by atoms with Gasteiger partial charge in [0.15, 0.2) is 11.6 Å². The smallest absolute Gasteiger partial charge is 0.209 e. The fourth-order valence-electron chi connectivity index (χ4n) is 3.36. The second-order valence-corrected chi connectivity index (χ2v) is 9.83. The van der Waals surface area contributed by atoms with Crippen LogP contribution < -0.4 is 4.72 Å². The van der Waals surface area contributed by atoms with Gasteiger partial charge in [-0.15, -0.1) is 10.2 Å². The molecule has 3 aromatic rings. The summed E-state index contributed by atoms with van der Waals surface area (Å²) >= 11 is 9.98. The summed E-state index contributed by atoms with van der Waals surface area (Å²) in [5, 5.41) is 9.10. The van der Waals surface area contributed by atoms with Gasteiger partial charge in [0.1, 0.15) is 6.54 Å². The zero-order valence-electron chi connectivity index (χ0n) is 15.6. The summed E-state index contributed by atoms with van der Waals surface area (Å²) in [6.45, 7) is 2.02. The first-order valence-corrected chi connectivity index (χ1v) is 11.8. The Hall–Kier alpha value is -2.07. The maximum Gasteiger partial charge on any atom is 0.209 e. The second kappa shape index (κ2) is 7.64. The fourth-order valence-corrected chi connectivity index (χ4v) is 4.69. The predicted molar refractivity (Wildman–Crippen MR) is 116 cm³/mol. The summed E-state index contributed by atoms with van der Waals surface area (Å²) in [6, 6.07) is 12.8. The van der Waals surface area contributed by atoms with Crippen molar-refractivity contribution in [2.75, 3.05) is 6.26 Å². The highest BCUT2D eigenvalue weighted by Crippen LogP contribution is 2.31. The molecule has 2 heterocycles. The zero-order valence-corrected chi connectivity index (χ0v) is 18.8. The van der Waals surface area contributed by atoms with Gasteiger partial charge in [-0.2, -0.15) is 0 Å². The van der Waals surface area contributed by atoms with Gasteiger partial charge in [-0.3, -0.25) is 9.56 Å². The Morgan fingerprint density at radius 2 is 1.93 bits per heavy atom. The minimum absolute atomic E-state index is 0.283. The summed E-state index contributed by atoms with van der Waals surface area (Å²) in [5.41, 5.74) is 3.21. The molecule has 0 aliphatic carbocycles. The Bertz CT molecular complexity index is 1240. The molecule has 1 N–H and O–H groups in total. The quantitative estimate of drug-likeness (QED) is 0.600. The first-order valence-electron chi connectivity index (χ1n) is 8.76. The van der Waals surface area contributed by atoms with E-state index in [9.17, 15) is 8.42 Å². The van der Waals surface area contributed by atoms with Gasteiger partial charge in [-0.1, -0.05) is 45.7 Å². The Labute approximate surface area is 182 Å². The molecule has 10 heteroatoms. The zero-order chi connectivity index (χ0) is 20.8. The third-order valence-electron chi connectivity index (χ3n) is 4.50. The standard InChI is InChI=1S/C19H17BrClN5O2S/c1-11(25-29(2,27)28)19-24-23-17-10-22-18(13-5-3-4-6-15(13)21)14-9-12(20)7-8-16(14)26(17)19/h3-9,11,25H,10H2,1-2H3/t11-/m1/s1. The van der Waals surface area contributed by atoms with Gasteiger partial charge in [-0.25, -0.2) is 13.1 Å². The maximum absolute atomic E-state index is 11.7. The highest BCUT2D eigenvalue weighted by atomic mass is 79.9. The summed E-state index contributed by atoms with van der Waals surface area (Å²) in [6.07, 6.45) is 1.12. The number of rotatable bonds is 4. The molecular weight excluding hydrogens is 478 g/mol. The van der Waals surface area contributed by atoms with Gasteiger partial charge < -0.3 is 0 Å². The topological polar surface area (TPSA) is 89.2 Å². The van der Waals surface area contributed by atoms with Gasteiger partial charge in [0, 0.05) is 20.6 Å². The van der Waals surface area contributed by atoms with Crippen molar-refractivity contribution in [1.29, 1.82) is 0 Å². The predicted octanol–water partition coefficient (Wildman–Crippen LogP) is 3.64. The van der Waals surface area contributed by atoms with E-state index in [0.29, 0.717) is 16.7 Å². The van der Waals surface area contributed by atoms with Crippen molar-refractivity contribution in [3.8, 4) is 5.69 Å². The molecule has 0 fully saturated rings. The summed E-state index contributed by atoms with van der Waals surface area (Å²) in [7, 11) is -3.41. The molecule has 1 aliphatic heterocycles. The van der Waals surface area contributed by atoms with Gasteiger partial charge in [0.05, 0.1) is 23.7 Å². The van der Waals surface area contributed by atoms with Crippen LogP contribution in [0.5, 0.6) is 0 Å². The van der Waals surface area contributed by atoms with Crippen LogP contribution >= 0.6 is 27.5 Å². The van der Waals surface area contributed by atoms with Crippen molar-refractivity contribution in [2.24, 2.45) is 4.99 Å². The van der Waals surface area contributed by atoms with Crippen LogP contribution in [0.4, 0.5) is 0 Å². The summed E-state index contributed by atoms with van der Waals surface area (Å²) < 4.78 is 28.8. The van der Waals surface area contributed by atoms with Crippen LogP contribution in [0.2, 0.25) is 5.02 Å². The Kier molecular flexibility index (Phi) is 5.32. The van der Waals surface area contributed by atoms with Crippen molar-refractivity contribution in [1.82, 2.24) is 19.5 Å². The van der Waals surface area contributed by atoms with E-state index in [1.807, 2.05) is 47.0 Å². The molecule has 0 radical (unpaired) electrons. The molecule has 0 bridgehead atoms. The second-order valence-electron chi connectivity index (χ2n) is 6.73. The molecule has 29 heavy (non-hydrogen) atoms.